The molecule has 0 unspecified atom stereocenters. The number of aromatic nitrogens is 1. The second-order valence-electron chi connectivity index (χ2n) is 10.6. The van der Waals surface area contributed by atoms with Crippen molar-refractivity contribution in [1.82, 2.24) is 9.88 Å². The molecule has 0 saturated heterocycles. The van der Waals surface area contributed by atoms with Gasteiger partial charge in [0.15, 0.2) is 16.9 Å². The van der Waals surface area contributed by atoms with Gasteiger partial charge in [-0.25, -0.2) is 0 Å². The fourth-order valence-corrected chi connectivity index (χ4v) is 6.01. The van der Waals surface area contributed by atoms with Crippen molar-refractivity contribution >= 4 is 45.0 Å². The van der Waals surface area contributed by atoms with Gasteiger partial charge in [0.25, 0.3) is 5.91 Å². The Morgan fingerprint density at radius 3 is 2.35 bits per heavy atom. The Balaban J connectivity index is 1.16. The van der Waals surface area contributed by atoms with Crippen LogP contribution in [-0.4, -0.2) is 50.2 Å². The van der Waals surface area contributed by atoms with Gasteiger partial charge < -0.3 is 24.5 Å². The molecule has 1 aliphatic rings. The number of nitrogens with zero attached hydrogens (tertiary/aromatic N) is 1. The molecular formula is C34H32ClN3O5. The van der Waals surface area contributed by atoms with Crippen molar-refractivity contribution in [3.63, 3.8) is 0 Å². The van der Waals surface area contributed by atoms with Crippen LogP contribution in [0.5, 0.6) is 17.2 Å². The quantitative estimate of drug-likeness (QED) is 0.207. The van der Waals surface area contributed by atoms with Crippen molar-refractivity contribution in [2.45, 2.75) is 19.4 Å². The number of hydrogen-bond donors (Lipinski definition) is 2. The van der Waals surface area contributed by atoms with E-state index < -0.39 is 0 Å². The number of benzene rings is 4. The molecule has 1 aliphatic heterocycles. The first-order chi connectivity index (χ1) is 20.9. The molecule has 0 radical (unpaired) electrons. The lowest BCUT2D eigenvalue weighted by Gasteiger charge is -2.29. The molecule has 0 fully saturated rings. The van der Waals surface area contributed by atoms with Crippen LogP contribution in [0.15, 0.2) is 71.5 Å². The Bertz CT molecular complexity index is 1900. The first-order valence-electron chi connectivity index (χ1n) is 14.1. The number of anilines is 1. The number of rotatable bonds is 8. The van der Waals surface area contributed by atoms with Gasteiger partial charge in [-0.3, -0.25) is 14.5 Å². The van der Waals surface area contributed by atoms with E-state index in [1.807, 2.05) is 24.3 Å². The number of para-hydroxylation sites is 1. The minimum Gasteiger partial charge on any atom is -0.495 e. The van der Waals surface area contributed by atoms with Crippen LogP contribution in [0.4, 0.5) is 5.69 Å². The number of fused-ring (bicyclic) bond motifs is 3. The van der Waals surface area contributed by atoms with Gasteiger partial charge in [-0.2, -0.15) is 0 Å². The van der Waals surface area contributed by atoms with E-state index in [0.717, 1.165) is 44.0 Å². The summed E-state index contributed by atoms with van der Waals surface area (Å²) >= 11 is 6.43. The molecule has 220 valence electrons. The number of halogens is 1. The molecule has 2 N–H and O–H groups in total. The smallest absolute Gasteiger partial charge is 0.257 e. The monoisotopic (exact) mass is 597 g/mol. The van der Waals surface area contributed by atoms with Crippen molar-refractivity contribution in [3.05, 3.63) is 104 Å². The van der Waals surface area contributed by atoms with E-state index in [4.69, 9.17) is 25.8 Å². The summed E-state index contributed by atoms with van der Waals surface area (Å²) in [5, 5.41) is 3.95. The largest absolute Gasteiger partial charge is 0.495 e. The summed E-state index contributed by atoms with van der Waals surface area (Å²) in [6, 6.07) is 20.4. The van der Waals surface area contributed by atoms with Crippen molar-refractivity contribution < 1.29 is 19.0 Å². The number of carbonyl (C=O) groups excluding carboxylic acids is 1. The maximum absolute atomic E-state index is 13.4. The standard InChI is InChI=1S/C34H32ClN3O5/c1-41-27-6-4-5-24-31(27)37-32-25(11-12-26(35)30(32)33(24)39)34(40)36-23-9-7-20(8-10-23)13-15-38-16-14-21-17-28(42-2)29(43-3)18-22(21)19-38/h4-12,17-18H,13-16,19H2,1-3H3,(H,36,40)(H,37,39). The molecule has 1 amide bonds. The van der Waals surface area contributed by atoms with Crippen LogP contribution in [0.25, 0.3) is 21.8 Å². The van der Waals surface area contributed by atoms with Crippen LogP contribution in [-0.2, 0) is 19.4 Å². The fourth-order valence-electron chi connectivity index (χ4n) is 5.77. The molecule has 43 heavy (non-hydrogen) atoms. The second-order valence-corrected chi connectivity index (χ2v) is 11.0. The number of ether oxygens (including phenoxy) is 3. The number of amides is 1. The fraction of sp³-hybridized carbons (Fsp3) is 0.235. The molecule has 0 aliphatic carbocycles. The molecule has 8 nitrogen and oxygen atoms in total. The maximum Gasteiger partial charge on any atom is 0.257 e. The molecule has 0 saturated carbocycles. The Morgan fingerprint density at radius 1 is 0.907 bits per heavy atom. The third-order valence-corrected chi connectivity index (χ3v) is 8.41. The third kappa shape index (κ3) is 5.51. The van der Waals surface area contributed by atoms with E-state index in [9.17, 15) is 9.59 Å². The van der Waals surface area contributed by atoms with Gasteiger partial charge in [0, 0.05) is 30.7 Å². The zero-order valence-electron chi connectivity index (χ0n) is 24.3. The van der Waals surface area contributed by atoms with E-state index in [-0.39, 0.29) is 21.7 Å². The van der Waals surface area contributed by atoms with Crippen LogP contribution in [0.2, 0.25) is 5.02 Å². The number of aromatic amines is 1. The highest BCUT2D eigenvalue weighted by Crippen LogP contribution is 2.33. The molecule has 0 bridgehead atoms. The van der Waals surface area contributed by atoms with E-state index in [1.54, 1.807) is 44.6 Å². The highest BCUT2D eigenvalue weighted by Gasteiger charge is 2.20. The van der Waals surface area contributed by atoms with Crippen molar-refractivity contribution in [1.29, 1.82) is 0 Å². The van der Waals surface area contributed by atoms with Gasteiger partial charge in [-0.15, -0.1) is 0 Å². The van der Waals surface area contributed by atoms with Gasteiger partial charge in [-0.1, -0.05) is 29.8 Å². The number of methoxy groups -OCH3 is 3. The molecule has 6 rings (SSSR count). The van der Waals surface area contributed by atoms with Crippen molar-refractivity contribution in [2.24, 2.45) is 0 Å². The zero-order valence-corrected chi connectivity index (χ0v) is 25.0. The highest BCUT2D eigenvalue weighted by molar-refractivity contribution is 6.36. The Labute approximate surface area is 254 Å². The van der Waals surface area contributed by atoms with Crippen molar-refractivity contribution in [2.75, 3.05) is 39.7 Å². The highest BCUT2D eigenvalue weighted by atomic mass is 35.5. The van der Waals surface area contributed by atoms with Gasteiger partial charge in [-0.05, 0) is 78.1 Å². The van der Waals surface area contributed by atoms with E-state index in [2.05, 4.69) is 27.3 Å². The summed E-state index contributed by atoms with van der Waals surface area (Å²) in [5.41, 5.74) is 5.34. The van der Waals surface area contributed by atoms with Crippen molar-refractivity contribution in [3.8, 4) is 17.2 Å². The minimum atomic E-state index is -0.349. The van der Waals surface area contributed by atoms with Crippen LogP contribution in [0.3, 0.4) is 0 Å². The van der Waals surface area contributed by atoms with E-state index >= 15 is 0 Å². The molecule has 0 spiro atoms. The molecule has 4 aromatic carbocycles. The van der Waals surface area contributed by atoms with Gasteiger partial charge in [0.2, 0.25) is 0 Å². The number of H-pyrrole nitrogens is 1. The lowest BCUT2D eigenvalue weighted by atomic mass is 9.98. The Morgan fingerprint density at radius 2 is 1.63 bits per heavy atom. The molecule has 5 aromatic rings. The van der Waals surface area contributed by atoms with E-state index in [1.165, 1.54) is 23.8 Å². The lowest BCUT2D eigenvalue weighted by Crippen LogP contribution is -2.32. The number of hydrogen-bond acceptors (Lipinski definition) is 6. The number of pyridine rings is 1. The molecule has 0 atom stereocenters. The summed E-state index contributed by atoms with van der Waals surface area (Å²) in [6.45, 7) is 2.76. The second kappa shape index (κ2) is 12.0. The molecule has 9 heteroatoms. The minimum absolute atomic E-state index is 0.261. The Hall–Kier alpha value is -4.53. The molecule has 2 heterocycles. The number of nitrogens with one attached hydrogen (secondary N) is 2. The predicted octanol–water partition coefficient (Wildman–Crippen LogP) is 6.21. The van der Waals surface area contributed by atoms with Crippen LogP contribution >= 0.6 is 11.6 Å². The normalized spacial score (nSPS) is 13.1. The van der Waals surface area contributed by atoms with Crippen LogP contribution < -0.4 is 25.0 Å². The lowest BCUT2D eigenvalue weighted by molar-refractivity contribution is 0.102. The summed E-state index contributed by atoms with van der Waals surface area (Å²) in [5.74, 6) is 1.69. The third-order valence-electron chi connectivity index (χ3n) is 8.09. The predicted molar refractivity (Wildman–Crippen MR) is 170 cm³/mol. The Kier molecular flexibility index (Phi) is 7.97. The van der Waals surface area contributed by atoms with Gasteiger partial charge in [0.05, 0.1) is 48.3 Å². The van der Waals surface area contributed by atoms with Crippen LogP contribution in [0.1, 0.15) is 27.0 Å². The maximum atomic E-state index is 13.4. The summed E-state index contributed by atoms with van der Waals surface area (Å²) in [7, 11) is 4.86. The first kappa shape index (κ1) is 28.6. The average molecular weight is 598 g/mol. The zero-order chi connectivity index (χ0) is 30.1. The summed E-state index contributed by atoms with van der Waals surface area (Å²) in [6.07, 6.45) is 1.85. The first-order valence-corrected chi connectivity index (χ1v) is 14.5. The summed E-state index contributed by atoms with van der Waals surface area (Å²) < 4.78 is 16.4. The SMILES string of the molecule is COc1cc2c(cc1OC)CN(CCc1ccc(NC(=O)c3ccc(Cl)c4c(=O)c5cccc(OC)c5[nH]c34)cc1)CC2. The average Bonchev–Trinajstić information content (AvgIpc) is 3.03. The summed E-state index contributed by atoms with van der Waals surface area (Å²) in [4.78, 5) is 32.4. The van der Waals surface area contributed by atoms with Gasteiger partial charge in [0.1, 0.15) is 5.75 Å². The van der Waals surface area contributed by atoms with Crippen LogP contribution in [0, 0.1) is 0 Å². The number of carbonyl (C=O) groups is 1. The van der Waals surface area contributed by atoms with E-state index in [0.29, 0.717) is 33.4 Å². The molecular weight excluding hydrogens is 566 g/mol. The van der Waals surface area contributed by atoms with Gasteiger partial charge >= 0.3 is 0 Å². The topological polar surface area (TPSA) is 92.9 Å². The molecule has 1 aromatic heterocycles.